The Morgan fingerprint density at radius 2 is 1.95 bits per heavy atom. The van der Waals surface area contributed by atoms with Gasteiger partial charge in [-0.2, -0.15) is 5.10 Å². The van der Waals surface area contributed by atoms with Crippen LogP contribution in [-0.4, -0.2) is 20.8 Å². The summed E-state index contributed by atoms with van der Waals surface area (Å²) in [5, 5.41) is 9.30. The van der Waals surface area contributed by atoms with E-state index in [9.17, 15) is 0 Å². The molecule has 2 saturated carbocycles. The Bertz CT molecular complexity index is 608. The van der Waals surface area contributed by atoms with E-state index in [1.54, 1.807) is 0 Å². The quantitative estimate of drug-likeness (QED) is 0.916. The van der Waals surface area contributed by atoms with Crippen molar-refractivity contribution in [1.29, 1.82) is 0 Å². The first kappa shape index (κ1) is 13.3. The fourth-order valence-corrected chi connectivity index (χ4v) is 3.41. The Kier molecular flexibility index (Phi) is 3.63. The normalized spacial score (nSPS) is 20.2. The molecule has 0 spiro atoms. The molecule has 2 aromatic heterocycles. The van der Waals surface area contributed by atoms with E-state index in [4.69, 9.17) is 0 Å². The van der Waals surface area contributed by atoms with Gasteiger partial charge in [0.15, 0.2) is 5.65 Å². The summed E-state index contributed by atoms with van der Waals surface area (Å²) >= 11 is 0. The Labute approximate surface area is 125 Å². The van der Waals surface area contributed by atoms with Crippen LogP contribution in [0.4, 0.5) is 0 Å². The summed E-state index contributed by atoms with van der Waals surface area (Å²) in [6.07, 6.45) is 13.5. The average Bonchev–Trinajstić information content (AvgIpc) is 3.28. The van der Waals surface area contributed by atoms with E-state index >= 15 is 0 Å². The van der Waals surface area contributed by atoms with Crippen LogP contribution in [-0.2, 0) is 13.1 Å². The Balaban J connectivity index is 1.48. The van der Waals surface area contributed by atoms with E-state index in [1.807, 2.05) is 12.4 Å². The SMILES string of the molecule is c1nc2c(cnn2CC2CCCCC2)cc1CNC1CC1. The van der Waals surface area contributed by atoms with Gasteiger partial charge in [-0.05, 0) is 43.2 Å². The Morgan fingerprint density at radius 1 is 1.10 bits per heavy atom. The molecule has 0 atom stereocenters. The molecule has 0 radical (unpaired) electrons. The molecule has 0 amide bonds. The molecular weight excluding hydrogens is 260 g/mol. The van der Waals surface area contributed by atoms with Crippen molar-refractivity contribution in [3.63, 3.8) is 0 Å². The lowest BCUT2D eigenvalue weighted by atomic mass is 9.89. The van der Waals surface area contributed by atoms with Gasteiger partial charge in [-0.15, -0.1) is 0 Å². The van der Waals surface area contributed by atoms with Crippen LogP contribution in [0.2, 0.25) is 0 Å². The van der Waals surface area contributed by atoms with Crippen LogP contribution in [0.1, 0.15) is 50.5 Å². The highest BCUT2D eigenvalue weighted by Crippen LogP contribution is 2.26. The maximum Gasteiger partial charge on any atom is 0.157 e. The van der Waals surface area contributed by atoms with E-state index in [-0.39, 0.29) is 0 Å². The number of nitrogens with zero attached hydrogens (tertiary/aromatic N) is 3. The smallest absolute Gasteiger partial charge is 0.157 e. The molecule has 0 unspecified atom stereocenters. The summed E-state index contributed by atoms with van der Waals surface area (Å²) in [6, 6.07) is 2.98. The fourth-order valence-electron chi connectivity index (χ4n) is 3.41. The number of hydrogen-bond donors (Lipinski definition) is 1. The summed E-state index contributed by atoms with van der Waals surface area (Å²) in [6.45, 7) is 1.97. The monoisotopic (exact) mass is 284 g/mol. The zero-order valence-corrected chi connectivity index (χ0v) is 12.6. The third-order valence-corrected chi connectivity index (χ3v) is 4.86. The minimum atomic E-state index is 0.745. The lowest BCUT2D eigenvalue weighted by Gasteiger charge is -2.21. The molecule has 1 N–H and O–H groups in total. The number of hydrogen-bond acceptors (Lipinski definition) is 3. The highest BCUT2D eigenvalue weighted by atomic mass is 15.3. The zero-order valence-electron chi connectivity index (χ0n) is 12.6. The predicted octanol–water partition coefficient (Wildman–Crippen LogP) is 3.26. The summed E-state index contributed by atoms with van der Waals surface area (Å²) in [5.41, 5.74) is 2.32. The highest BCUT2D eigenvalue weighted by molar-refractivity contribution is 5.74. The number of fused-ring (bicyclic) bond motifs is 1. The van der Waals surface area contributed by atoms with Crippen molar-refractivity contribution < 1.29 is 0 Å². The first-order chi connectivity index (χ1) is 10.4. The van der Waals surface area contributed by atoms with Crippen LogP contribution >= 0.6 is 0 Å². The molecular formula is C17H24N4. The number of aromatic nitrogens is 3. The molecule has 4 nitrogen and oxygen atoms in total. The highest BCUT2D eigenvalue weighted by Gasteiger charge is 2.20. The van der Waals surface area contributed by atoms with Crippen LogP contribution in [0.25, 0.3) is 11.0 Å². The molecule has 4 heteroatoms. The average molecular weight is 284 g/mol. The van der Waals surface area contributed by atoms with Crippen LogP contribution < -0.4 is 5.32 Å². The molecule has 2 aliphatic rings. The third-order valence-electron chi connectivity index (χ3n) is 4.86. The molecule has 4 rings (SSSR count). The van der Waals surface area contributed by atoms with E-state index in [2.05, 4.69) is 26.1 Å². The van der Waals surface area contributed by atoms with Crippen LogP contribution in [0.5, 0.6) is 0 Å². The molecule has 2 fully saturated rings. The molecule has 0 aliphatic heterocycles. The van der Waals surface area contributed by atoms with Crippen LogP contribution in [0.15, 0.2) is 18.5 Å². The van der Waals surface area contributed by atoms with Crippen molar-refractivity contribution in [2.45, 2.75) is 64.1 Å². The van der Waals surface area contributed by atoms with Crippen molar-refractivity contribution in [2.24, 2.45) is 5.92 Å². The summed E-state index contributed by atoms with van der Waals surface area (Å²) in [7, 11) is 0. The zero-order chi connectivity index (χ0) is 14.1. The molecule has 0 bridgehead atoms. The second kappa shape index (κ2) is 5.76. The van der Waals surface area contributed by atoms with Gasteiger partial charge in [0.2, 0.25) is 0 Å². The van der Waals surface area contributed by atoms with Gasteiger partial charge >= 0.3 is 0 Å². The van der Waals surface area contributed by atoms with Gasteiger partial charge in [-0.1, -0.05) is 19.3 Å². The third kappa shape index (κ3) is 3.10. The Morgan fingerprint density at radius 3 is 2.76 bits per heavy atom. The minimum Gasteiger partial charge on any atom is -0.310 e. The second-order valence-corrected chi connectivity index (χ2v) is 6.74. The van der Waals surface area contributed by atoms with E-state index in [1.165, 1.54) is 55.9 Å². The van der Waals surface area contributed by atoms with Crippen molar-refractivity contribution in [3.05, 3.63) is 24.0 Å². The van der Waals surface area contributed by atoms with E-state index < -0.39 is 0 Å². The number of pyridine rings is 1. The minimum absolute atomic E-state index is 0.745. The van der Waals surface area contributed by atoms with Gasteiger partial charge in [-0.3, -0.25) is 0 Å². The van der Waals surface area contributed by atoms with Crippen molar-refractivity contribution in [2.75, 3.05) is 0 Å². The number of nitrogens with one attached hydrogen (secondary N) is 1. The first-order valence-electron chi connectivity index (χ1n) is 8.42. The first-order valence-corrected chi connectivity index (χ1v) is 8.42. The predicted molar refractivity (Wildman–Crippen MR) is 84.0 cm³/mol. The standard InChI is InChI=1S/C17H24N4/c1-2-4-13(5-3-1)12-21-17-15(11-20-21)8-14(10-19-17)9-18-16-6-7-16/h8,10-11,13,16,18H,1-7,9,12H2. The lowest BCUT2D eigenvalue weighted by Crippen LogP contribution is -2.16. The molecule has 0 aromatic carbocycles. The summed E-state index contributed by atoms with van der Waals surface area (Å²) in [5.74, 6) is 0.792. The lowest BCUT2D eigenvalue weighted by molar-refractivity contribution is 0.311. The summed E-state index contributed by atoms with van der Waals surface area (Å²) < 4.78 is 2.11. The van der Waals surface area contributed by atoms with Gasteiger partial charge in [0, 0.05) is 30.7 Å². The number of rotatable bonds is 5. The molecule has 21 heavy (non-hydrogen) atoms. The maximum absolute atomic E-state index is 4.67. The van der Waals surface area contributed by atoms with Crippen molar-refractivity contribution >= 4 is 11.0 Å². The molecule has 0 saturated heterocycles. The molecule has 2 aromatic rings. The molecule has 112 valence electrons. The fraction of sp³-hybridized carbons (Fsp3) is 0.647. The summed E-state index contributed by atoms with van der Waals surface area (Å²) in [4.78, 5) is 4.67. The molecule has 2 aliphatic carbocycles. The Hall–Kier alpha value is -1.42. The largest absolute Gasteiger partial charge is 0.310 e. The molecule has 2 heterocycles. The van der Waals surface area contributed by atoms with Gasteiger partial charge in [-0.25, -0.2) is 9.67 Å². The van der Waals surface area contributed by atoms with Gasteiger partial charge in [0.25, 0.3) is 0 Å². The van der Waals surface area contributed by atoms with Crippen LogP contribution in [0.3, 0.4) is 0 Å². The van der Waals surface area contributed by atoms with Crippen molar-refractivity contribution in [3.8, 4) is 0 Å². The maximum atomic E-state index is 4.67. The van der Waals surface area contributed by atoms with Gasteiger partial charge < -0.3 is 5.32 Å². The topological polar surface area (TPSA) is 42.7 Å². The van der Waals surface area contributed by atoms with Gasteiger partial charge in [0.05, 0.1) is 6.20 Å². The van der Waals surface area contributed by atoms with Crippen molar-refractivity contribution in [1.82, 2.24) is 20.1 Å². The van der Waals surface area contributed by atoms with E-state index in [0.717, 1.165) is 30.7 Å². The van der Waals surface area contributed by atoms with Gasteiger partial charge in [0.1, 0.15) is 0 Å². The van der Waals surface area contributed by atoms with E-state index in [0.29, 0.717) is 0 Å². The second-order valence-electron chi connectivity index (χ2n) is 6.74. The van der Waals surface area contributed by atoms with Crippen LogP contribution in [0, 0.1) is 5.92 Å².